The molecule has 3 rings (SSSR count). The molecule has 6 unspecified atom stereocenters. The van der Waals surface area contributed by atoms with Crippen LogP contribution in [0, 0.1) is 11.3 Å². The van der Waals surface area contributed by atoms with E-state index in [0.717, 1.165) is 0 Å². The lowest BCUT2D eigenvalue weighted by atomic mass is 9.87. The maximum absolute atomic E-state index is 10.4. The third-order valence-electron chi connectivity index (χ3n) is 5.91. The van der Waals surface area contributed by atoms with Crippen LogP contribution in [0.5, 0.6) is 0 Å². The minimum absolute atomic E-state index is 0.0437. The van der Waals surface area contributed by atoms with Crippen LogP contribution >= 0.6 is 0 Å². The maximum Gasteiger partial charge on any atom is 0.186 e. The molecule has 1 aromatic carbocycles. The predicted molar refractivity (Wildman–Crippen MR) is 106 cm³/mol. The summed E-state index contributed by atoms with van der Waals surface area (Å²) in [5.74, 6) is -0.634. The molecule has 11 heteroatoms. The van der Waals surface area contributed by atoms with Gasteiger partial charge in [-0.05, 0) is 12.0 Å². The maximum atomic E-state index is 10.4. The Bertz CT molecular complexity index is 759. The van der Waals surface area contributed by atoms with E-state index in [-0.39, 0.29) is 6.42 Å². The standard InChI is InChI=1S/C21H29NO10/c22-7-11(10-4-2-1-3-5-10)6-12-15(24)18(27)17(26)14(31-12)9-30-21-20(29)19(28)16(25)13(8-23)32-21/h1-5,11-21,23-29H,6,8-9H2/t11-,12-,13?,14?,15?,16-,17-,18?,19?,20?,21+/m0/s1. The van der Waals surface area contributed by atoms with E-state index in [0.29, 0.717) is 5.56 Å². The topological polar surface area (TPSA) is 193 Å². The molecule has 1 aromatic rings. The van der Waals surface area contributed by atoms with Gasteiger partial charge in [-0.15, -0.1) is 0 Å². The van der Waals surface area contributed by atoms with Crippen LogP contribution in [-0.2, 0) is 14.2 Å². The lowest BCUT2D eigenvalue weighted by molar-refractivity contribution is -0.314. The molecule has 0 bridgehead atoms. The van der Waals surface area contributed by atoms with Gasteiger partial charge in [0.05, 0.1) is 31.3 Å². The van der Waals surface area contributed by atoms with Crippen molar-refractivity contribution < 1.29 is 50.0 Å². The summed E-state index contributed by atoms with van der Waals surface area (Å²) in [4.78, 5) is 0. The largest absolute Gasteiger partial charge is 0.394 e. The molecule has 11 nitrogen and oxygen atoms in total. The van der Waals surface area contributed by atoms with Gasteiger partial charge in [-0.25, -0.2) is 0 Å². The zero-order valence-corrected chi connectivity index (χ0v) is 17.2. The Hall–Kier alpha value is -1.69. The van der Waals surface area contributed by atoms with Crippen LogP contribution in [0.15, 0.2) is 30.3 Å². The zero-order chi connectivity index (χ0) is 23.4. The highest BCUT2D eigenvalue weighted by Gasteiger charge is 2.47. The highest BCUT2D eigenvalue weighted by Crippen LogP contribution is 2.30. The van der Waals surface area contributed by atoms with Gasteiger partial charge in [-0.1, -0.05) is 30.3 Å². The van der Waals surface area contributed by atoms with Crippen molar-refractivity contribution in [2.45, 2.75) is 73.6 Å². The Balaban J connectivity index is 1.65. The van der Waals surface area contributed by atoms with E-state index >= 15 is 0 Å². The lowest BCUT2D eigenvalue weighted by Gasteiger charge is -2.43. The van der Waals surface area contributed by atoms with Gasteiger partial charge >= 0.3 is 0 Å². The Kier molecular flexibility index (Phi) is 8.54. The summed E-state index contributed by atoms with van der Waals surface area (Å²) in [7, 11) is 0. The molecule has 2 fully saturated rings. The molecule has 178 valence electrons. The third-order valence-corrected chi connectivity index (χ3v) is 5.91. The van der Waals surface area contributed by atoms with Crippen molar-refractivity contribution >= 4 is 0 Å². The fraction of sp³-hybridized carbons (Fsp3) is 0.667. The molecule has 11 atom stereocenters. The Morgan fingerprint density at radius 2 is 1.41 bits per heavy atom. The van der Waals surface area contributed by atoms with Crippen molar-refractivity contribution in [1.29, 1.82) is 5.26 Å². The molecule has 0 aromatic heterocycles. The number of aliphatic hydroxyl groups is 7. The minimum atomic E-state index is -1.64. The van der Waals surface area contributed by atoms with Crippen molar-refractivity contribution in [1.82, 2.24) is 0 Å². The van der Waals surface area contributed by atoms with Crippen molar-refractivity contribution in [2.75, 3.05) is 13.2 Å². The van der Waals surface area contributed by atoms with Crippen LogP contribution in [-0.4, -0.2) is 110 Å². The summed E-state index contributed by atoms with van der Waals surface area (Å²) < 4.78 is 16.4. The highest BCUT2D eigenvalue weighted by atomic mass is 16.7. The van der Waals surface area contributed by atoms with Crippen LogP contribution in [0.25, 0.3) is 0 Å². The summed E-state index contributed by atoms with van der Waals surface area (Å²) in [6.45, 7) is -1.04. The molecule has 2 heterocycles. The predicted octanol–water partition coefficient (Wildman–Crippen LogP) is -2.65. The van der Waals surface area contributed by atoms with Gasteiger partial charge in [0.25, 0.3) is 0 Å². The van der Waals surface area contributed by atoms with Crippen LogP contribution in [0.3, 0.4) is 0 Å². The SMILES string of the molecule is N#C[C@H](C[C@@H]1OC(CO[C@@H]2OC(CO)[C@H](O)C(O)C2O)[C@H](O)C(O)C1O)c1ccccc1. The van der Waals surface area contributed by atoms with Crippen LogP contribution < -0.4 is 0 Å². The average molecular weight is 455 g/mol. The van der Waals surface area contributed by atoms with Gasteiger partial charge in [0.1, 0.15) is 48.8 Å². The molecule has 0 amide bonds. The third kappa shape index (κ3) is 5.27. The number of hydrogen-bond donors (Lipinski definition) is 7. The Labute approximate surface area is 184 Å². The van der Waals surface area contributed by atoms with Crippen molar-refractivity contribution in [3.63, 3.8) is 0 Å². The quantitative estimate of drug-likeness (QED) is 0.227. The van der Waals surface area contributed by atoms with E-state index in [9.17, 15) is 41.0 Å². The molecular weight excluding hydrogens is 426 g/mol. The fourth-order valence-electron chi connectivity index (χ4n) is 3.94. The van der Waals surface area contributed by atoms with Gasteiger partial charge in [0.15, 0.2) is 6.29 Å². The minimum Gasteiger partial charge on any atom is -0.394 e. The van der Waals surface area contributed by atoms with Crippen molar-refractivity contribution in [2.24, 2.45) is 0 Å². The van der Waals surface area contributed by atoms with E-state index in [1.54, 1.807) is 30.3 Å². The molecule has 2 saturated heterocycles. The number of aliphatic hydroxyl groups excluding tert-OH is 7. The van der Waals surface area contributed by atoms with Gasteiger partial charge in [-0.2, -0.15) is 5.26 Å². The first-order chi connectivity index (χ1) is 15.3. The van der Waals surface area contributed by atoms with Crippen molar-refractivity contribution in [3.8, 4) is 6.07 Å². The molecule has 2 aliphatic heterocycles. The molecule has 2 aliphatic rings. The van der Waals surface area contributed by atoms with Gasteiger partial charge in [0.2, 0.25) is 0 Å². The second kappa shape index (κ2) is 11.0. The van der Waals surface area contributed by atoms with E-state index in [4.69, 9.17) is 14.2 Å². The van der Waals surface area contributed by atoms with Gasteiger partial charge in [0, 0.05) is 0 Å². The smallest absolute Gasteiger partial charge is 0.186 e. The first-order valence-electron chi connectivity index (χ1n) is 10.3. The number of hydrogen-bond acceptors (Lipinski definition) is 11. The summed E-state index contributed by atoms with van der Waals surface area (Å²) in [6.07, 6.45) is -14.1. The molecule has 7 N–H and O–H groups in total. The van der Waals surface area contributed by atoms with E-state index in [1.807, 2.05) is 0 Å². The van der Waals surface area contributed by atoms with Gasteiger partial charge in [-0.3, -0.25) is 0 Å². The average Bonchev–Trinajstić information content (AvgIpc) is 2.81. The van der Waals surface area contributed by atoms with Crippen LogP contribution in [0.4, 0.5) is 0 Å². The Morgan fingerprint density at radius 3 is 2.03 bits per heavy atom. The second-order valence-corrected chi connectivity index (χ2v) is 8.04. The first kappa shape index (κ1) is 24.9. The first-order valence-corrected chi connectivity index (χ1v) is 10.3. The molecule has 0 radical (unpaired) electrons. The monoisotopic (exact) mass is 455 g/mol. The second-order valence-electron chi connectivity index (χ2n) is 8.04. The molecule has 0 saturated carbocycles. The summed E-state index contributed by atoms with van der Waals surface area (Å²) in [5.41, 5.74) is 0.709. The normalized spacial score (nSPS) is 41.1. The summed E-state index contributed by atoms with van der Waals surface area (Å²) >= 11 is 0. The van der Waals surface area contributed by atoms with E-state index in [2.05, 4.69) is 6.07 Å². The molecule has 0 spiro atoms. The fourth-order valence-corrected chi connectivity index (χ4v) is 3.94. The summed E-state index contributed by atoms with van der Waals surface area (Å²) in [6, 6.07) is 11.0. The van der Waals surface area contributed by atoms with E-state index in [1.165, 1.54) is 0 Å². The number of benzene rings is 1. The van der Waals surface area contributed by atoms with E-state index < -0.39 is 80.4 Å². The molecule has 0 aliphatic carbocycles. The molecular formula is C21H29NO10. The Morgan fingerprint density at radius 1 is 0.812 bits per heavy atom. The molecule has 32 heavy (non-hydrogen) atoms. The van der Waals surface area contributed by atoms with Crippen molar-refractivity contribution in [3.05, 3.63) is 35.9 Å². The van der Waals surface area contributed by atoms with Crippen LogP contribution in [0.2, 0.25) is 0 Å². The number of nitrogens with zero attached hydrogens (tertiary/aromatic N) is 1. The zero-order valence-electron chi connectivity index (χ0n) is 17.2. The van der Waals surface area contributed by atoms with Crippen LogP contribution in [0.1, 0.15) is 17.9 Å². The number of nitriles is 1. The summed E-state index contributed by atoms with van der Waals surface area (Å²) in [5, 5.41) is 79.5. The number of rotatable bonds is 7. The number of ether oxygens (including phenoxy) is 3. The lowest BCUT2D eigenvalue weighted by Crippen LogP contribution is -2.61. The van der Waals surface area contributed by atoms with Gasteiger partial charge < -0.3 is 50.0 Å². The highest BCUT2D eigenvalue weighted by molar-refractivity contribution is 5.25.